The summed E-state index contributed by atoms with van der Waals surface area (Å²) >= 11 is 5.91. The van der Waals surface area contributed by atoms with Gasteiger partial charge < -0.3 is 10.3 Å². The first-order chi connectivity index (χ1) is 10.1. The predicted octanol–water partition coefficient (Wildman–Crippen LogP) is 2.23. The number of hydrogen-bond acceptors (Lipinski definition) is 4. The Kier molecular flexibility index (Phi) is 3.69. The molecule has 0 unspecified atom stereocenters. The van der Waals surface area contributed by atoms with Gasteiger partial charge in [0.1, 0.15) is 11.5 Å². The Morgan fingerprint density at radius 1 is 1.43 bits per heavy atom. The monoisotopic (exact) mass is 305 g/mol. The number of benzene rings is 1. The van der Waals surface area contributed by atoms with Crippen LogP contribution in [0.15, 0.2) is 28.8 Å². The summed E-state index contributed by atoms with van der Waals surface area (Å²) in [5.41, 5.74) is 8.18. The summed E-state index contributed by atoms with van der Waals surface area (Å²) in [6.07, 6.45) is 0.730. The zero-order valence-corrected chi connectivity index (χ0v) is 12.4. The highest BCUT2D eigenvalue weighted by atomic mass is 35.5. The summed E-state index contributed by atoms with van der Waals surface area (Å²) in [5.74, 6) is 0.566. The van der Waals surface area contributed by atoms with E-state index in [0.717, 1.165) is 35.5 Å². The molecule has 21 heavy (non-hydrogen) atoms. The fourth-order valence-electron chi connectivity index (χ4n) is 2.58. The molecule has 110 valence electrons. The van der Waals surface area contributed by atoms with Crippen LogP contribution in [0.3, 0.4) is 0 Å². The molecule has 0 radical (unpaired) electrons. The largest absolute Gasteiger partial charge is 0.368 e. The summed E-state index contributed by atoms with van der Waals surface area (Å²) in [4.78, 5) is 13.4. The Hall–Kier alpha value is -1.85. The SMILES string of the molecule is C[C@H](C(N)=O)N1CCc2onc(-c3ccc(Cl)cc3)c2C1. The van der Waals surface area contributed by atoms with Crippen LogP contribution in [0.2, 0.25) is 5.02 Å². The number of fused-ring (bicyclic) bond motifs is 1. The third kappa shape index (κ3) is 2.66. The van der Waals surface area contributed by atoms with Gasteiger partial charge in [0.05, 0.1) is 6.04 Å². The summed E-state index contributed by atoms with van der Waals surface area (Å²) in [6.45, 7) is 3.18. The van der Waals surface area contributed by atoms with Crippen LogP contribution < -0.4 is 5.73 Å². The molecule has 0 saturated heterocycles. The van der Waals surface area contributed by atoms with Gasteiger partial charge >= 0.3 is 0 Å². The molecule has 6 heteroatoms. The molecule has 0 saturated carbocycles. The van der Waals surface area contributed by atoms with Gasteiger partial charge in [-0.05, 0) is 19.1 Å². The molecule has 1 aliphatic heterocycles. The first-order valence-corrected chi connectivity index (χ1v) is 7.21. The van der Waals surface area contributed by atoms with E-state index < -0.39 is 0 Å². The minimum absolute atomic E-state index is 0.300. The van der Waals surface area contributed by atoms with E-state index in [9.17, 15) is 4.79 Å². The van der Waals surface area contributed by atoms with Crippen LogP contribution in [0.5, 0.6) is 0 Å². The molecule has 1 amide bonds. The molecule has 1 aromatic heterocycles. The van der Waals surface area contributed by atoms with Gasteiger partial charge in [-0.25, -0.2) is 0 Å². The van der Waals surface area contributed by atoms with Crippen molar-refractivity contribution in [3.05, 3.63) is 40.6 Å². The van der Waals surface area contributed by atoms with Crippen molar-refractivity contribution in [2.75, 3.05) is 6.54 Å². The summed E-state index contributed by atoms with van der Waals surface area (Å²) in [5, 5.41) is 4.86. The molecule has 1 atom stereocenters. The molecule has 2 aromatic rings. The Morgan fingerprint density at radius 2 is 2.14 bits per heavy atom. The second kappa shape index (κ2) is 5.50. The van der Waals surface area contributed by atoms with Crippen LogP contribution in [-0.2, 0) is 17.8 Å². The van der Waals surface area contributed by atoms with Crippen LogP contribution in [-0.4, -0.2) is 28.6 Å². The van der Waals surface area contributed by atoms with E-state index in [0.29, 0.717) is 11.6 Å². The number of nitrogens with zero attached hydrogens (tertiary/aromatic N) is 2. The quantitative estimate of drug-likeness (QED) is 0.944. The molecular weight excluding hydrogens is 290 g/mol. The third-order valence-electron chi connectivity index (χ3n) is 3.93. The molecule has 0 spiro atoms. The standard InChI is InChI=1S/C15H16ClN3O2/c1-9(15(17)20)19-7-6-13-12(8-19)14(18-21-13)10-2-4-11(16)5-3-10/h2-5,9H,6-8H2,1H3,(H2,17,20)/t9-/m1/s1. The molecule has 0 fully saturated rings. The van der Waals surface area contributed by atoms with Crippen LogP contribution in [0.4, 0.5) is 0 Å². The number of hydrogen-bond donors (Lipinski definition) is 1. The van der Waals surface area contributed by atoms with Gasteiger partial charge in [0.15, 0.2) is 0 Å². The lowest BCUT2D eigenvalue weighted by atomic mass is 10.0. The van der Waals surface area contributed by atoms with Gasteiger partial charge in [0, 0.05) is 35.7 Å². The highest BCUT2D eigenvalue weighted by molar-refractivity contribution is 6.30. The maximum Gasteiger partial charge on any atom is 0.234 e. The minimum Gasteiger partial charge on any atom is -0.368 e. The number of rotatable bonds is 3. The lowest BCUT2D eigenvalue weighted by Gasteiger charge is -2.29. The van der Waals surface area contributed by atoms with Crippen molar-refractivity contribution in [1.82, 2.24) is 10.1 Å². The summed E-state index contributed by atoms with van der Waals surface area (Å²) < 4.78 is 5.43. The van der Waals surface area contributed by atoms with E-state index in [1.165, 1.54) is 0 Å². The highest BCUT2D eigenvalue weighted by Gasteiger charge is 2.29. The van der Waals surface area contributed by atoms with E-state index in [4.69, 9.17) is 21.9 Å². The van der Waals surface area contributed by atoms with E-state index in [2.05, 4.69) is 5.16 Å². The van der Waals surface area contributed by atoms with E-state index in [1.807, 2.05) is 36.1 Å². The molecule has 0 aliphatic carbocycles. The molecule has 1 aliphatic rings. The molecule has 2 heterocycles. The Morgan fingerprint density at radius 3 is 2.81 bits per heavy atom. The molecule has 1 aromatic carbocycles. The Labute approximate surface area is 127 Å². The van der Waals surface area contributed by atoms with Crippen LogP contribution in [0, 0.1) is 0 Å². The average molecular weight is 306 g/mol. The highest BCUT2D eigenvalue weighted by Crippen LogP contribution is 2.31. The van der Waals surface area contributed by atoms with Crippen LogP contribution in [0.1, 0.15) is 18.2 Å². The van der Waals surface area contributed by atoms with Gasteiger partial charge in [-0.1, -0.05) is 28.9 Å². The lowest BCUT2D eigenvalue weighted by Crippen LogP contribution is -2.44. The van der Waals surface area contributed by atoms with Crippen molar-refractivity contribution in [2.45, 2.75) is 25.9 Å². The van der Waals surface area contributed by atoms with Crippen LogP contribution in [0.25, 0.3) is 11.3 Å². The van der Waals surface area contributed by atoms with Gasteiger partial charge in [0.2, 0.25) is 5.91 Å². The maximum atomic E-state index is 11.4. The topological polar surface area (TPSA) is 72.4 Å². The summed E-state index contributed by atoms with van der Waals surface area (Å²) in [6, 6.07) is 7.18. The number of carbonyl (C=O) groups excluding carboxylic acids is 1. The lowest BCUT2D eigenvalue weighted by molar-refractivity contribution is -0.123. The van der Waals surface area contributed by atoms with Gasteiger partial charge in [-0.2, -0.15) is 0 Å². The minimum atomic E-state index is -0.317. The van der Waals surface area contributed by atoms with Crippen molar-refractivity contribution in [3.63, 3.8) is 0 Å². The molecular formula is C15H16ClN3O2. The molecule has 3 rings (SSSR count). The van der Waals surface area contributed by atoms with E-state index >= 15 is 0 Å². The van der Waals surface area contributed by atoms with Crippen molar-refractivity contribution in [3.8, 4) is 11.3 Å². The fraction of sp³-hybridized carbons (Fsp3) is 0.333. The average Bonchev–Trinajstić information content (AvgIpc) is 2.90. The number of halogens is 1. The van der Waals surface area contributed by atoms with Crippen molar-refractivity contribution >= 4 is 17.5 Å². The molecule has 2 N–H and O–H groups in total. The smallest absolute Gasteiger partial charge is 0.234 e. The maximum absolute atomic E-state index is 11.4. The number of primary amides is 1. The van der Waals surface area contributed by atoms with Gasteiger partial charge in [-0.15, -0.1) is 0 Å². The van der Waals surface area contributed by atoms with Crippen molar-refractivity contribution < 1.29 is 9.32 Å². The fourth-order valence-corrected chi connectivity index (χ4v) is 2.70. The second-order valence-corrected chi connectivity index (χ2v) is 5.68. The molecule has 5 nitrogen and oxygen atoms in total. The zero-order valence-electron chi connectivity index (χ0n) is 11.7. The van der Waals surface area contributed by atoms with E-state index in [-0.39, 0.29) is 11.9 Å². The first kappa shape index (κ1) is 14.1. The summed E-state index contributed by atoms with van der Waals surface area (Å²) in [7, 11) is 0. The van der Waals surface area contributed by atoms with Crippen LogP contribution >= 0.6 is 11.6 Å². The van der Waals surface area contributed by atoms with Crippen molar-refractivity contribution in [2.24, 2.45) is 5.73 Å². The normalized spacial score (nSPS) is 16.5. The Bertz CT molecular complexity index is 666. The number of nitrogens with two attached hydrogens (primary N) is 1. The van der Waals surface area contributed by atoms with E-state index in [1.54, 1.807) is 0 Å². The van der Waals surface area contributed by atoms with Gasteiger partial charge in [0.25, 0.3) is 0 Å². The first-order valence-electron chi connectivity index (χ1n) is 6.83. The second-order valence-electron chi connectivity index (χ2n) is 5.24. The third-order valence-corrected chi connectivity index (χ3v) is 4.19. The molecule has 0 bridgehead atoms. The number of amides is 1. The Balaban J connectivity index is 1.92. The number of aromatic nitrogens is 1. The van der Waals surface area contributed by atoms with Gasteiger partial charge in [-0.3, -0.25) is 9.69 Å². The number of carbonyl (C=O) groups is 1. The zero-order chi connectivity index (χ0) is 15.0. The predicted molar refractivity (Wildman–Crippen MR) is 79.7 cm³/mol. The van der Waals surface area contributed by atoms with Crippen molar-refractivity contribution in [1.29, 1.82) is 0 Å².